The minimum Gasteiger partial charge on any atom is -0.476 e. The molecule has 2 rings (SSSR count). The van der Waals surface area contributed by atoms with Gasteiger partial charge in [-0.3, -0.25) is 14.2 Å². The third kappa shape index (κ3) is 3.23. The highest BCUT2D eigenvalue weighted by atomic mass is 79.9. The molecule has 0 aliphatic rings. The third-order valence-electron chi connectivity index (χ3n) is 2.59. The fourth-order valence-corrected chi connectivity index (χ4v) is 2.00. The molecule has 2 aromatic heterocycles. The largest absolute Gasteiger partial charge is 0.476 e. The van der Waals surface area contributed by atoms with Crippen molar-refractivity contribution in [3.63, 3.8) is 0 Å². The van der Waals surface area contributed by atoms with Crippen molar-refractivity contribution >= 4 is 33.5 Å². The molecule has 2 heterocycles. The number of rotatable bonds is 5. The van der Waals surface area contributed by atoms with E-state index in [1.165, 1.54) is 17.9 Å². The number of aromatic nitrogens is 4. The van der Waals surface area contributed by atoms with E-state index < -0.39 is 5.97 Å². The van der Waals surface area contributed by atoms with Crippen molar-refractivity contribution in [1.29, 1.82) is 0 Å². The number of amides is 1. The van der Waals surface area contributed by atoms with Crippen molar-refractivity contribution < 1.29 is 14.7 Å². The van der Waals surface area contributed by atoms with Gasteiger partial charge in [0.2, 0.25) is 5.91 Å². The lowest BCUT2D eigenvalue weighted by Crippen LogP contribution is -2.17. The van der Waals surface area contributed by atoms with Crippen molar-refractivity contribution in [3.05, 3.63) is 28.8 Å². The Kier molecular flexibility index (Phi) is 4.18. The summed E-state index contributed by atoms with van der Waals surface area (Å²) in [5.74, 6) is -1.44. The van der Waals surface area contributed by atoms with E-state index in [1.807, 2.05) is 0 Å². The Hall–Kier alpha value is -2.16. The number of carbonyl (C=O) groups is 2. The van der Waals surface area contributed by atoms with Crippen LogP contribution < -0.4 is 5.32 Å². The van der Waals surface area contributed by atoms with Gasteiger partial charge in [-0.1, -0.05) is 0 Å². The lowest BCUT2D eigenvalue weighted by Gasteiger charge is -2.05. The Bertz CT molecular complexity index is 648. The van der Waals surface area contributed by atoms with Crippen LogP contribution in [0.3, 0.4) is 0 Å². The molecule has 0 aliphatic heterocycles. The molecule has 2 N–H and O–H groups in total. The molecule has 20 heavy (non-hydrogen) atoms. The van der Waals surface area contributed by atoms with Crippen molar-refractivity contribution in [2.45, 2.75) is 13.0 Å². The normalized spacial score (nSPS) is 10.5. The third-order valence-corrected chi connectivity index (χ3v) is 2.99. The highest BCUT2D eigenvalue weighted by Gasteiger charge is 2.17. The molecule has 0 radical (unpaired) electrons. The summed E-state index contributed by atoms with van der Waals surface area (Å²) in [4.78, 5) is 22.8. The fraction of sp³-hybridized carbons (Fsp3) is 0.273. The van der Waals surface area contributed by atoms with E-state index in [9.17, 15) is 9.59 Å². The summed E-state index contributed by atoms with van der Waals surface area (Å²) in [5.41, 5.74) is 0.131. The molecule has 0 saturated heterocycles. The number of hydrogen-bond acceptors (Lipinski definition) is 4. The SMILES string of the molecule is Cn1ncc(NC(=O)CCn2cc(Br)cn2)c1C(=O)O. The molecule has 9 heteroatoms. The molecule has 1 amide bonds. The first-order valence-electron chi connectivity index (χ1n) is 5.70. The van der Waals surface area contributed by atoms with Gasteiger partial charge < -0.3 is 10.4 Å². The zero-order chi connectivity index (χ0) is 14.7. The van der Waals surface area contributed by atoms with E-state index >= 15 is 0 Å². The summed E-state index contributed by atoms with van der Waals surface area (Å²) in [5, 5.41) is 19.4. The number of aryl methyl sites for hydroxylation is 2. The van der Waals surface area contributed by atoms with Gasteiger partial charge in [-0.2, -0.15) is 10.2 Å². The number of anilines is 1. The summed E-state index contributed by atoms with van der Waals surface area (Å²) in [7, 11) is 1.50. The molecule has 0 unspecified atom stereocenters. The maximum absolute atomic E-state index is 11.8. The Morgan fingerprint density at radius 1 is 1.40 bits per heavy atom. The van der Waals surface area contributed by atoms with Crippen LogP contribution in [0.2, 0.25) is 0 Å². The number of carbonyl (C=O) groups excluding carboxylic acids is 1. The van der Waals surface area contributed by atoms with Crippen LogP contribution >= 0.6 is 15.9 Å². The summed E-state index contributed by atoms with van der Waals surface area (Å²) >= 11 is 3.26. The lowest BCUT2D eigenvalue weighted by atomic mass is 10.3. The summed E-state index contributed by atoms with van der Waals surface area (Å²) in [6, 6.07) is 0. The Labute approximate surface area is 122 Å². The number of hydrogen-bond donors (Lipinski definition) is 2. The molecule has 0 aliphatic carbocycles. The van der Waals surface area contributed by atoms with E-state index in [0.29, 0.717) is 6.54 Å². The topological polar surface area (TPSA) is 102 Å². The first-order valence-corrected chi connectivity index (χ1v) is 6.50. The van der Waals surface area contributed by atoms with Gasteiger partial charge in [0.1, 0.15) is 0 Å². The van der Waals surface area contributed by atoms with Gasteiger partial charge >= 0.3 is 5.97 Å². The zero-order valence-electron chi connectivity index (χ0n) is 10.6. The van der Waals surface area contributed by atoms with E-state index in [1.54, 1.807) is 17.1 Å². The summed E-state index contributed by atoms with van der Waals surface area (Å²) in [6.45, 7) is 0.403. The molecule has 0 saturated carbocycles. The Morgan fingerprint density at radius 2 is 2.15 bits per heavy atom. The van der Waals surface area contributed by atoms with Gasteiger partial charge in [0, 0.05) is 26.2 Å². The first kappa shape index (κ1) is 14.3. The van der Waals surface area contributed by atoms with E-state index in [-0.39, 0.29) is 23.7 Å². The van der Waals surface area contributed by atoms with Crippen molar-refractivity contribution in [1.82, 2.24) is 19.6 Å². The predicted molar refractivity (Wildman–Crippen MR) is 73.3 cm³/mol. The summed E-state index contributed by atoms with van der Waals surface area (Å²) < 4.78 is 3.64. The average Bonchev–Trinajstić information content (AvgIpc) is 2.93. The Balaban J connectivity index is 1.96. The maximum Gasteiger partial charge on any atom is 0.356 e. The van der Waals surface area contributed by atoms with Crippen molar-refractivity contribution in [2.24, 2.45) is 7.05 Å². The second-order valence-corrected chi connectivity index (χ2v) is 4.97. The van der Waals surface area contributed by atoms with Crippen LogP contribution in [0.1, 0.15) is 16.9 Å². The fourth-order valence-electron chi connectivity index (χ4n) is 1.67. The highest BCUT2D eigenvalue weighted by molar-refractivity contribution is 9.10. The standard InChI is InChI=1S/C11H12BrN5O3/c1-16-10(11(19)20)8(5-13-16)15-9(18)2-3-17-6-7(12)4-14-17/h4-6H,2-3H2,1H3,(H,15,18)(H,19,20). The van der Waals surface area contributed by atoms with Gasteiger partial charge in [0.05, 0.1) is 22.6 Å². The van der Waals surface area contributed by atoms with Gasteiger partial charge in [-0.05, 0) is 15.9 Å². The van der Waals surface area contributed by atoms with E-state index in [4.69, 9.17) is 5.11 Å². The quantitative estimate of drug-likeness (QED) is 0.847. The average molecular weight is 342 g/mol. The number of nitrogens with one attached hydrogen (secondary N) is 1. The highest BCUT2D eigenvalue weighted by Crippen LogP contribution is 2.14. The molecule has 106 valence electrons. The first-order chi connectivity index (χ1) is 9.47. The molecular formula is C11H12BrN5O3. The minimum absolute atomic E-state index is 0.0554. The number of nitrogens with zero attached hydrogens (tertiary/aromatic N) is 4. The van der Waals surface area contributed by atoms with Crippen LogP contribution in [0.5, 0.6) is 0 Å². The molecule has 2 aromatic rings. The molecule has 8 nitrogen and oxygen atoms in total. The number of carboxylic acids is 1. The van der Waals surface area contributed by atoms with Crippen LogP contribution in [-0.2, 0) is 18.4 Å². The number of halogens is 1. The number of aromatic carboxylic acids is 1. The van der Waals surface area contributed by atoms with Crippen LogP contribution in [0.4, 0.5) is 5.69 Å². The van der Waals surface area contributed by atoms with E-state index in [0.717, 1.165) is 4.47 Å². The van der Waals surface area contributed by atoms with Crippen LogP contribution in [0, 0.1) is 0 Å². The predicted octanol–water partition coefficient (Wildman–Crippen LogP) is 1.11. The second kappa shape index (κ2) is 5.87. The number of carboxylic acid groups (broad SMARTS) is 1. The lowest BCUT2D eigenvalue weighted by molar-refractivity contribution is -0.116. The molecule has 0 bridgehead atoms. The molecule has 0 atom stereocenters. The summed E-state index contributed by atoms with van der Waals surface area (Å²) in [6.07, 6.45) is 4.87. The van der Waals surface area contributed by atoms with Gasteiger partial charge in [-0.25, -0.2) is 4.79 Å². The van der Waals surface area contributed by atoms with Crippen LogP contribution in [-0.4, -0.2) is 36.5 Å². The monoisotopic (exact) mass is 341 g/mol. The molecular weight excluding hydrogens is 330 g/mol. The van der Waals surface area contributed by atoms with Crippen molar-refractivity contribution in [2.75, 3.05) is 5.32 Å². The smallest absolute Gasteiger partial charge is 0.356 e. The minimum atomic E-state index is -1.14. The van der Waals surface area contributed by atoms with Crippen LogP contribution in [0.25, 0.3) is 0 Å². The molecule has 0 spiro atoms. The van der Waals surface area contributed by atoms with Crippen molar-refractivity contribution in [3.8, 4) is 0 Å². The van der Waals surface area contributed by atoms with Crippen LogP contribution in [0.15, 0.2) is 23.1 Å². The van der Waals surface area contributed by atoms with E-state index in [2.05, 4.69) is 31.4 Å². The zero-order valence-corrected chi connectivity index (χ0v) is 12.2. The second-order valence-electron chi connectivity index (χ2n) is 4.06. The molecule has 0 fully saturated rings. The van der Waals surface area contributed by atoms with Gasteiger partial charge in [0.15, 0.2) is 5.69 Å². The van der Waals surface area contributed by atoms with Gasteiger partial charge in [0.25, 0.3) is 0 Å². The molecule has 0 aromatic carbocycles. The Morgan fingerprint density at radius 3 is 2.75 bits per heavy atom. The maximum atomic E-state index is 11.8. The van der Waals surface area contributed by atoms with Gasteiger partial charge in [-0.15, -0.1) is 0 Å².